The van der Waals surface area contributed by atoms with Crippen molar-refractivity contribution in [3.8, 4) is 0 Å². The lowest BCUT2D eigenvalue weighted by atomic mass is 9.66. The fourth-order valence-corrected chi connectivity index (χ4v) is 6.23. The minimum absolute atomic E-state index is 0.0247. The molecule has 0 spiro atoms. The number of allylic oxidation sites excluding steroid dienone is 6. The van der Waals surface area contributed by atoms with Crippen LogP contribution in [0.4, 0.5) is 0 Å². The van der Waals surface area contributed by atoms with E-state index in [0.29, 0.717) is 24.3 Å². The smallest absolute Gasteiger partial charge is 0.335 e. The lowest BCUT2D eigenvalue weighted by Crippen LogP contribution is -2.31. The zero-order valence-corrected chi connectivity index (χ0v) is 19.6. The van der Waals surface area contributed by atoms with Gasteiger partial charge in [-0.15, -0.1) is 0 Å². The molecule has 2 atom stereocenters. The van der Waals surface area contributed by atoms with Gasteiger partial charge in [0.05, 0.1) is 18.1 Å². The highest BCUT2D eigenvalue weighted by Gasteiger charge is 2.45. The van der Waals surface area contributed by atoms with Crippen molar-refractivity contribution < 1.29 is 19.1 Å². The Morgan fingerprint density at radius 2 is 1.94 bits per heavy atom. The number of hydrogen-bond donors (Lipinski definition) is 1. The van der Waals surface area contributed by atoms with Crippen LogP contribution in [0, 0.1) is 17.8 Å². The highest BCUT2D eigenvalue weighted by atomic mass is 16.4. The first-order valence-electron chi connectivity index (χ1n) is 12.4. The van der Waals surface area contributed by atoms with Gasteiger partial charge in [-0.2, -0.15) is 0 Å². The molecule has 174 valence electrons. The van der Waals surface area contributed by atoms with E-state index in [9.17, 15) is 14.7 Å². The van der Waals surface area contributed by atoms with Crippen LogP contribution in [0.15, 0.2) is 63.0 Å². The van der Waals surface area contributed by atoms with E-state index in [0.717, 1.165) is 42.5 Å². The molecular weight excluding hydrogens is 414 g/mol. The third-order valence-corrected chi connectivity index (χ3v) is 7.80. The Hall–Kier alpha value is -2.82. The second-order valence-electron chi connectivity index (χ2n) is 10.00. The Balaban J connectivity index is 1.63. The zero-order chi connectivity index (χ0) is 23.1. The molecule has 4 aliphatic carbocycles. The van der Waals surface area contributed by atoms with E-state index < -0.39 is 5.97 Å². The van der Waals surface area contributed by atoms with Crippen molar-refractivity contribution in [3.63, 3.8) is 0 Å². The third-order valence-electron chi connectivity index (χ3n) is 7.80. The second-order valence-corrected chi connectivity index (χ2v) is 10.00. The largest absolute Gasteiger partial charge is 0.478 e. The number of furan rings is 1. The van der Waals surface area contributed by atoms with Crippen molar-refractivity contribution in [1.82, 2.24) is 4.90 Å². The van der Waals surface area contributed by atoms with Crippen LogP contribution < -0.4 is 0 Å². The molecule has 4 aliphatic rings. The summed E-state index contributed by atoms with van der Waals surface area (Å²) in [4.78, 5) is 26.9. The van der Waals surface area contributed by atoms with Crippen LogP contribution >= 0.6 is 0 Å². The monoisotopic (exact) mass is 447 g/mol. The number of rotatable bonds is 7. The summed E-state index contributed by atoms with van der Waals surface area (Å²) >= 11 is 0. The highest BCUT2D eigenvalue weighted by molar-refractivity contribution is 5.97. The number of aliphatic carboxylic acids is 1. The quantitative estimate of drug-likeness (QED) is 0.576. The van der Waals surface area contributed by atoms with Crippen LogP contribution in [-0.4, -0.2) is 35.5 Å². The molecule has 5 heteroatoms. The van der Waals surface area contributed by atoms with Gasteiger partial charge < -0.3 is 14.4 Å². The van der Waals surface area contributed by atoms with Crippen LogP contribution in [0.3, 0.4) is 0 Å². The molecule has 5 rings (SSSR count). The molecule has 1 aromatic rings. The van der Waals surface area contributed by atoms with Crippen molar-refractivity contribution in [2.75, 3.05) is 13.6 Å². The van der Waals surface area contributed by atoms with Gasteiger partial charge in [-0.3, -0.25) is 4.79 Å². The van der Waals surface area contributed by atoms with E-state index in [1.165, 1.54) is 36.0 Å². The van der Waals surface area contributed by atoms with Crippen LogP contribution in [-0.2, 0) is 9.59 Å². The molecule has 5 nitrogen and oxygen atoms in total. The lowest BCUT2D eigenvalue weighted by Gasteiger charge is -2.38. The molecule has 33 heavy (non-hydrogen) atoms. The van der Waals surface area contributed by atoms with Crippen LogP contribution in [0.2, 0.25) is 0 Å². The van der Waals surface area contributed by atoms with Gasteiger partial charge in [0.25, 0.3) is 0 Å². The summed E-state index contributed by atoms with van der Waals surface area (Å²) < 4.78 is 5.52. The maximum Gasteiger partial charge on any atom is 0.335 e. The maximum absolute atomic E-state index is 13.1. The van der Waals surface area contributed by atoms with Gasteiger partial charge in [0, 0.05) is 31.5 Å². The summed E-state index contributed by atoms with van der Waals surface area (Å²) in [6.45, 7) is 2.83. The van der Waals surface area contributed by atoms with Crippen molar-refractivity contribution in [1.29, 1.82) is 0 Å². The van der Waals surface area contributed by atoms with E-state index in [1.54, 1.807) is 6.26 Å². The van der Waals surface area contributed by atoms with Gasteiger partial charge in [0.2, 0.25) is 5.91 Å². The number of carboxylic acid groups (broad SMARTS) is 1. The van der Waals surface area contributed by atoms with Crippen molar-refractivity contribution >= 4 is 17.4 Å². The Morgan fingerprint density at radius 3 is 2.61 bits per heavy atom. The average molecular weight is 448 g/mol. The number of carbonyl (C=O) groups excluding carboxylic acids is 1. The second kappa shape index (κ2) is 8.85. The van der Waals surface area contributed by atoms with Crippen molar-refractivity contribution in [2.24, 2.45) is 17.8 Å². The van der Waals surface area contributed by atoms with E-state index in [2.05, 4.69) is 13.0 Å². The summed E-state index contributed by atoms with van der Waals surface area (Å²) in [5.74, 6) is -0.103. The lowest BCUT2D eigenvalue weighted by molar-refractivity contribution is -0.132. The first kappa shape index (κ1) is 22.0. The number of fused-ring (bicyclic) bond motifs is 2. The maximum atomic E-state index is 13.1. The standard InChI is InChI=1S/C28H33NO4/c1-3-10-29(2)24(30)14-20-12-19-13-23(28(31)32)21-15-22(21)26(19)27(17-7-5-4-6-8-17)25(20)18-9-11-33-16-18/h9,11,13,15-17,20,22H,3-8,10,12,14H2,1-2H3,(H,31,32). The van der Waals surface area contributed by atoms with E-state index in [-0.39, 0.29) is 17.7 Å². The van der Waals surface area contributed by atoms with Gasteiger partial charge >= 0.3 is 5.97 Å². The molecule has 1 amide bonds. The number of carbonyl (C=O) groups is 2. The van der Waals surface area contributed by atoms with Crippen LogP contribution in [0.25, 0.3) is 5.57 Å². The average Bonchev–Trinajstić information content (AvgIpc) is 3.42. The number of hydrogen-bond acceptors (Lipinski definition) is 3. The van der Waals surface area contributed by atoms with E-state index >= 15 is 0 Å². The van der Waals surface area contributed by atoms with Crippen molar-refractivity contribution in [2.45, 2.75) is 58.3 Å². The molecule has 1 saturated carbocycles. The molecule has 1 fully saturated rings. The number of carboxylic acids is 1. The molecule has 0 bridgehead atoms. The summed E-state index contributed by atoms with van der Waals surface area (Å²) in [6, 6.07) is 2.03. The molecule has 0 aliphatic heterocycles. The molecule has 1 aromatic heterocycles. The molecule has 0 aromatic carbocycles. The molecule has 0 saturated heterocycles. The summed E-state index contributed by atoms with van der Waals surface area (Å²) in [5, 5.41) is 9.77. The van der Waals surface area contributed by atoms with Gasteiger partial charge in [0.1, 0.15) is 0 Å². The Bertz CT molecular complexity index is 1080. The van der Waals surface area contributed by atoms with E-state index in [4.69, 9.17) is 4.42 Å². The fourth-order valence-electron chi connectivity index (χ4n) is 6.23. The van der Waals surface area contributed by atoms with Crippen LogP contribution in [0.1, 0.15) is 63.9 Å². The van der Waals surface area contributed by atoms with Gasteiger partial charge in [-0.25, -0.2) is 4.79 Å². The Labute approximate surface area is 195 Å². The first-order chi connectivity index (χ1) is 16.0. The predicted octanol–water partition coefficient (Wildman–Crippen LogP) is 5.77. The minimum atomic E-state index is -0.852. The fraction of sp³-hybridized carbons (Fsp3) is 0.500. The first-order valence-corrected chi connectivity index (χ1v) is 12.4. The van der Waals surface area contributed by atoms with Crippen molar-refractivity contribution in [3.05, 3.63) is 64.2 Å². The SMILES string of the molecule is CCCN(C)C(=O)CC1CC2=C(C(C3CCCCC3)=C1c1ccoc1)C1C=C1C(C(=O)O)=C2. The molecule has 2 unspecified atom stereocenters. The molecule has 1 N–H and O–H groups in total. The predicted molar refractivity (Wildman–Crippen MR) is 127 cm³/mol. The number of nitrogens with zero attached hydrogens (tertiary/aromatic N) is 1. The third kappa shape index (κ3) is 4.03. The van der Waals surface area contributed by atoms with Gasteiger partial charge in [-0.05, 0) is 77.5 Å². The summed E-state index contributed by atoms with van der Waals surface area (Å²) in [5.41, 5.74) is 7.56. The molecular formula is C28H33NO4. The summed E-state index contributed by atoms with van der Waals surface area (Å²) in [6.07, 6.45) is 15.6. The van der Waals surface area contributed by atoms with Crippen LogP contribution in [0.5, 0.6) is 0 Å². The summed E-state index contributed by atoms with van der Waals surface area (Å²) in [7, 11) is 1.88. The van der Waals surface area contributed by atoms with Gasteiger partial charge in [0.15, 0.2) is 0 Å². The minimum Gasteiger partial charge on any atom is -0.478 e. The van der Waals surface area contributed by atoms with E-state index in [1.807, 2.05) is 30.4 Å². The zero-order valence-electron chi connectivity index (χ0n) is 19.6. The molecule has 1 heterocycles. The topological polar surface area (TPSA) is 70.8 Å². The van der Waals surface area contributed by atoms with Gasteiger partial charge in [-0.1, -0.05) is 32.3 Å². The highest BCUT2D eigenvalue weighted by Crippen LogP contribution is 2.57. The molecule has 0 radical (unpaired) electrons. The number of amides is 1. The Morgan fingerprint density at radius 1 is 1.15 bits per heavy atom. The Kier molecular flexibility index (Phi) is 5.90. The normalized spacial score (nSPS) is 24.7.